The van der Waals surface area contributed by atoms with Gasteiger partial charge < -0.3 is 19.7 Å². The summed E-state index contributed by atoms with van der Waals surface area (Å²) < 4.78 is 10.6. The Hall–Kier alpha value is -3.54. The first kappa shape index (κ1) is 16.9. The molecule has 136 valence electrons. The van der Waals surface area contributed by atoms with Crippen molar-refractivity contribution in [2.24, 2.45) is 0 Å². The van der Waals surface area contributed by atoms with Crippen molar-refractivity contribution in [3.63, 3.8) is 0 Å². The van der Waals surface area contributed by atoms with Crippen LogP contribution in [0.25, 0.3) is 0 Å². The molecule has 1 aliphatic rings. The number of esters is 1. The molecule has 0 saturated heterocycles. The van der Waals surface area contributed by atoms with E-state index in [1.807, 2.05) is 30.3 Å². The number of pyridine rings is 1. The number of carbonyl (C=O) groups is 1. The molecule has 0 unspecified atom stereocenters. The fourth-order valence-corrected chi connectivity index (χ4v) is 3.04. The molecule has 0 spiro atoms. The van der Waals surface area contributed by atoms with Gasteiger partial charge in [-0.3, -0.25) is 0 Å². The monoisotopic (exact) mass is 361 g/mol. The Kier molecular flexibility index (Phi) is 4.61. The second kappa shape index (κ2) is 7.37. The van der Waals surface area contributed by atoms with Crippen LogP contribution in [0.5, 0.6) is 5.75 Å². The summed E-state index contributed by atoms with van der Waals surface area (Å²) in [6.45, 7) is 1.34. The molecule has 0 amide bonds. The van der Waals surface area contributed by atoms with E-state index in [1.165, 1.54) is 7.11 Å². The molecule has 0 fully saturated rings. The number of para-hydroxylation sites is 1. The second-order valence-corrected chi connectivity index (χ2v) is 6.08. The minimum atomic E-state index is -0.371. The number of carbonyl (C=O) groups excluding carboxylic acids is 1. The Bertz CT molecular complexity index is 960. The van der Waals surface area contributed by atoms with E-state index in [9.17, 15) is 4.79 Å². The van der Waals surface area contributed by atoms with Crippen molar-refractivity contribution in [3.05, 3.63) is 72.4 Å². The molecule has 0 aliphatic carbocycles. The molecule has 4 rings (SSSR count). The van der Waals surface area contributed by atoms with E-state index < -0.39 is 0 Å². The van der Waals surface area contributed by atoms with Crippen LogP contribution in [-0.2, 0) is 4.74 Å². The van der Waals surface area contributed by atoms with Gasteiger partial charge in [0.05, 0.1) is 31.1 Å². The first-order valence-electron chi connectivity index (χ1n) is 8.65. The Morgan fingerprint density at radius 2 is 1.96 bits per heavy atom. The minimum Gasteiger partial charge on any atom is -0.488 e. The van der Waals surface area contributed by atoms with Gasteiger partial charge in [-0.1, -0.05) is 24.3 Å². The quantitative estimate of drug-likeness (QED) is 0.705. The number of anilines is 4. The fraction of sp³-hybridized carbons (Fsp3) is 0.143. The van der Waals surface area contributed by atoms with E-state index in [4.69, 9.17) is 9.47 Å². The number of methoxy groups -OCH3 is 1. The number of ether oxygens (including phenoxy) is 2. The number of hydrogen-bond donors (Lipinski definition) is 1. The van der Waals surface area contributed by atoms with Crippen molar-refractivity contribution in [2.45, 2.75) is 0 Å². The summed E-state index contributed by atoms with van der Waals surface area (Å²) in [7, 11) is 1.37. The third-order valence-electron chi connectivity index (χ3n) is 4.30. The highest BCUT2D eigenvalue weighted by molar-refractivity contribution is 5.90. The number of nitrogens with zero attached hydrogens (tertiary/aromatic N) is 2. The molecule has 1 N–H and O–H groups in total. The Balaban J connectivity index is 1.59. The summed E-state index contributed by atoms with van der Waals surface area (Å²) in [6.07, 6.45) is 1.76. The summed E-state index contributed by atoms with van der Waals surface area (Å²) in [5, 5.41) is 3.26. The van der Waals surface area contributed by atoms with Gasteiger partial charge in [-0.15, -0.1) is 0 Å². The zero-order valence-corrected chi connectivity index (χ0v) is 14.9. The van der Waals surface area contributed by atoms with Crippen LogP contribution in [0.4, 0.5) is 22.9 Å². The summed E-state index contributed by atoms with van der Waals surface area (Å²) in [6, 6.07) is 19.2. The van der Waals surface area contributed by atoms with Crippen LogP contribution in [0.15, 0.2) is 66.9 Å². The largest absolute Gasteiger partial charge is 0.488 e. The predicted molar refractivity (Wildman–Crippen MR) is 104 cm³/mol. The number of aromatic nitrogens is 1. The zero-order valence-electron chi connectivity index (χ0n) is 14.9. The second-order valence-electron chi connectivity index (χ2n) is 6.08. The Morgan fingerprint density at radius 1 is 1.11 bits per heavy atom. The SMILES string of the molecule is COC(=O)c1cccc(Nc2cnc3c(c2)OCCN3c2ccccc2)c1. The molecule has 1 aliphatic heterocycles. The lowest BCUT2D eigenvalue weighted by molar-refractivity contribution is 0.0601. The first-order valence-corrected chi connectivity index (χ1v) is 8.65. The van der Waals surface area contributed by atoms with Gasteiger partial charge >= 0.3 is 5.97 Å². The molecule has 27 heavy (non-hydrogen) atoms. The lowest BCUT2D eigenvalue weighted by Gasteiger charge is -2.30. The molecule has 1 aromatic heterocycles. The highest BCUT2D eigenvalue weighted by atomic mass is 16.5. The molecule has 0 saturated carbocycles. The van der Waals surface area contributed by atoms with Gasteiger partial charge in [0.25, 0.3) is 0 Å². The van der Waals surface area contributed by atoms with Crippen LogP contribution in [0.1, 0.15) is 10.4 Å². The topological polar surface area (TPSA) is 63.7 Å². The van der Waals surface area contributed by atoms with Crippen LogP contribution in [0, 0.1) is 0 Å². The number of rotatable bonds is 4. The van der Waals surface area contributed by atoms with Gasteiger partial charge in [0, 0.05) is 17.4 Å². The van der Waals surface area contributed by atoms with Crippen molar-refractivity contribution in [1.82, 2.24) is 4.98 Å². The molecule has 0 bridgehead atoms. The van der Waals surface area contributed by atoms with Gasteiger partial charge in [0.2, 0.25) is 0 Å². The standard InChI is InChI=1S/C21H19N3O3/c1-26-21(25)15-6-5-7-16(12-15)23-17-13-19-20(22-14-17)24(10-11-27-19)18-8-3-2-4-9-18/h2-9,12-14,23H,10-11H2,1H3. The first-order chi connectivity index (χ1) is 13.2. The van der Waals surface area contributed by atoms with Crippen LogP contribution in [-0.4, -0.2) is 31.2 Å². The van der Waals surface area contributed by atoms with Crippen molar-refractivity contribution in [2.75, 3.05) is 30.5 Å². The van der Waals surface area contributed by atoms with Gasteiger partial charge in [0.15, 0.2) is 11.6 Å². The molecule has 0 atom stereocenters. The molecule has 3 aromatic rings. The van der Waals surface area contributed by atoms with Crippen LogP contribution >= 0.6 is 0 Å². The number of fused-ring (bicyclic) bond motifs is 1. The highest BCUT2D eigenvalue weighted by Gasteiger charge is 2.21. The average molecular weight is 361 g/mol. The maximum absolute atomic E-state index is 11.7. The lowest BCUT2D eigenvalue weighted by atomic mass is 10.2. The lowest BCUT2D eigenvalue weighted by Crippen LogP contribution is -2.29. The Labute approximate surface area is 157 Å². The number of benzene rings is 2. The third kappa shape index (κ3) is 3.55. The summed E-state index contributed by atoms with van der Waals surface area (Å²) in [4.78, 5) is 18.4. The maximum Gasteiger partial charge on any atom is 0.337 e. The van der Waals surface area contributed by atoms with Crippen LogP contribution in [0.2, 0.25) is 0 Å². The molecule has 6 heteroatoms. The summed E-state index contributed by atoms with van der Waals surface area (Å²) in [5.41, 5.74) is 3.13. The Morgan fingerprint density at radius 3 is 2.78 bits per heavy atom. The average Bonchev–Trinajstić information content (AvgIpc) is 2.73. The third-order valence-corrected chi connectivity index (χ3v) is 4.30. The van der Waals surface area contributed by atoms with Crippen molar-refractivity contribution in [1.29, 1.82) is 0 Å². The van der Waals surface area contributed by atoms with Crippen molar-refractivity contribution >= 4 is 28.8 Å². The summed E-state index contributed by atoms with van der Waals surface area (Å²) in [5.74, 6) is 1.14. The maximum atomic E-state index is 11.7. The van der Waals surface area contributed by atoms with E-state index >= 15 is 0 Å². The molecule has 6 nitrogen and oxygen atoms in total. The van der Waals surface area contributed by atoms with Crippen molar-refractivity contribution < 1.29 is 14.3 Å². The normalized spacial score (nSPS) is 12.7. The molecular weight excluding hydrogens is 342 g/mol. The van der Waals surface area contributed by atoms with E-state index in [2.05, 4.69) is 27.3 Å². The van der Waals surface area contributed by atoms with Gasteiger partial charge in [-0.05, 0) is 30.3 Å². The van der Waals surface area contributed by atoms with Gasteiger partial charge in [-0.25, -0.2) is 9.78 Å². The van der Waals surface area contributed by atoms with E-state index in [0.717, 1.165) is 35.2 Å². The fourth-order valence-electron chi connectivity index (χ4n) is 3.04. The summed E-state index contributed by atoms with van der Waals surface area (Å²) >= 11 is 0. The smallest absolute Gasteiger partial charge is 0.337 e. The van der Waals surface area contributed by atoms with Gasteiger partial charge in [-0.2, -0.15) is 0 Å². The highest BCUT2D eigenvalue weighted by Crippen LogP contribution is 2.36. The van der Waals surface area contributed by atoms with Crippen molar-refractivity contribution in [3.8, 4) is 5.75 Å². The van der Waals surface area contributed by atoms with E-state index in [-0.39, 0.29) is 5.97 Å². The van der Waals surface area contributed by atoms with E-state index in [0.29, 0.717) is 12.2 Å². The van der Waals surface area contributed by atoms with Crippen LogP contribution in [0.3, 0.4) is 0 Å². The van der Waals surface area contributed by atoms with Gasteiger partial charge in [0.1, 0.15) is 6.61 Å². The molecule has 0 radical (unpaired) electrons. The number of nitrogens with one attached hydrogen (secondary N) is 1. The molecular formula is C21H19N3O3. The van der Waals surface area contributed by atoms with Crippen LogP contribution < -0.4 is 15.0 Å². The molecule has 2 aromatic carbocycles. The molecule has 2 heterocycles. The zero-order chi connectivity index (χ0) is 18.6. The van der Waals surface area contributed by atoms with E-state index in [1.54, 1.807) is 24.4 Å². The minimum absolute atomic E-state index is 0.371. The number of hydrogen-bond acceptors (Lipinski definition) is 6. The predicted octanol–water partition coefficient (Wildman–Crippen LogP) is 4.14.